The van der Waals surface area contributed by atoms with E-state index in [1.54, 1.807) is 6.07 Å². The molecule has 1 unspecified atom stereocenters. The van der Waals surface area contributed by atoms with Crippen LogP contribution in [-0.4, -0.2) is 31.6 Å². The van der Waals surface area contributed by atoms with Crippen molar-refractivity contribution in [3.05, 3.63) is 23.2 Å². The molecular weight excluding hydrogens is 246 g/mol. The Kier molecular flexibility index (Phi) is 5.76. The summed E-state index contributed by atoms with van der Waals surface area (Å²) in [5.74, 6) is 0.649. The van der Waals surface area contributed by atoms with Crippen LogP contribution in [0.5, 0.6) is 0 Å². The molecule has 102 valence electrons. The monoisotopic (exact) mass is 269 g/mol. The van der Waals surface area contributed by atoms with Crippen molar-refractivity contribution in [2.75, 3.05) is 31.7 Å². The number of nitrogen functional groups attached to an aromatic ring is 1. The van der Waals surface area contributed by atoms with Gasteiger partial charge >= 0.3 is 0 Å². The standard InChI is InChI=1S/C14H24ClN3/c1-10(2)7-12(9-18(3)4)17-14-6-5-11(15)8-13(14)16/h5-6,8,10,12,17H,7,9,16H2,1-4H3. The molecule has 0 aromatic heterocycles. The zero-order chi connectivity index (χ0) is 13.7. The predicted molar refractivity (Wildman–Crippen MR) is 81.3 cm³/mol. The number of nitrogens with zero attached hydrogens (tertiary/aromatic N) is 1. The first-order valence-electron chi connectivity index (χ1n) is 6.34. The van der Waals surface area contributed by atoms with E-state index in [0.29, 0.717) is 22.7 Å². The molecular formula is C14H24ClN3. The van der Waals surface area contributed by atoms with Crippen LogP contribution in [0, 0.1) is 5.92 Å². The van der Waals surface area contributed by atoms with Gasteiger partial charge in [-0.05, 0) is 44.6 Å². The molecule has 3 N–H and O–H groups in total. The number of likely N-dealkylation sites (N-methyl/N-ethyl adjacent to an activating group) is 1. The Labute approximate surface area is 115 Å². The van der Waals surface area contributed by atoms with Crippen LogP contribution in [0.15, 0.2) is 18.2 Å². The number of nitrogens with one attached hydrogen (secondary N) is 1. The molecule has 0 amide bonds. The summed E-state index contributed by atoms with van der Waals surface area (Å²) in [5, 5.41) is 4.18. The third-order valence-corrected chi connectivity index (χ3v) is 2.95. The van der Waals surface area contributed by atoms with Crippen LogP contribution in [0.2, 0.25) is 5.02 Å². The van der Waals surface area contributed by atoms with Crippen molar-refractivity contribution >= 4 is 23.0 Å². The summed E-state index contributed by atoms with van der Waals surface area (Å²) in [4.78, 5) is 2.19. The fraction of sp³-hybridized carbons (Fsp3) is 0.571. The second-order valence-corrected chi connectivity index (χ2v) is 5.90. The van der Waals surface area contributed by atoms with E-state index in [4.69, 9.17) is 17.3 Å². The topological polar surface area (TPSA) is 41.3 Å². The maximum Gasteiger partial charge on any atom is 0.0577 e. The lowest BCUT2D eigenvalue weighted by Gasteiger charge is -2.25. The second kappa shape index (κ2) is 6.86. The molecule has 0 radical (unpaired) electrons. The largest absolute Gasteiger partial charge is 0.397 e. The highest BCUT2D eigenvalue weighted by atomic mass is 35.5. The smallest absolute Gasteiger partial charge is 0.0577 e. The van der Waals surface area contributed by atoms with Crippen molar-refractivity contribution in [2.45, 2.75) is 26.3 Å². The minimum absolute atomic E-state index is 0.392. The summed E-state index contributed by atoms with van der Waals surface area (Å²) in [5.41, 5.74) is 7.64. The molecule has 0 fully saturated rings. The highest BCUT2D eigenvalue weighted by Gasteiger charge is 2.13. The molecule has 3 nitrogen and oxygen atoms in total. The molecule has 1 aromatic carbocycles. The molecule has 0 aliphatic heterocycles. The lowest BCUT2D eigenvalue weighted by molar-refractivity contribution is 0.356. The van der Waals surface area contributed by atoms with E-state index in [-0.39, 0.29) is 0 Å². The highest BCUT2D eigenvalue weighted by molar-refractivity contribution is 6.31. The molecule has 0 saturated carbocycles. The van der Waals surface area contributed by atoms with E-state index in [0.717, 1.165) is 18.7 Å². The van der Waals surface area contributed by atoms with Gasteiger partial charge in [0.15, 0.2) is 0 Å². The molecule has 0 aliphatic rings. The fourth-order valence-corrected chi connectivity index (χ4v) is 2.25. The quantitative estimate of drug-likeness (QED) is 0.779. The van der Waals surface area contributed by atoms with Crippen molar-refractivity contribution in [2.24, 2.45) is 5.92 Å². The molecule has 4 heteroatoms. The van der Waals surface area contributed by atoms with Gasteiger partial charge in [-0.2, -0.15) is 0 Å². The van der Waals surface area contributed by atoms with E-state index < -0.39 is 0 Å². The number of nitrogens with two attached hydrogens (primary N) is 1. The average Bonchev–Trinajstić information content (AvgIpc) is 2.20. The third kappa shape index (κ3) is 5.15. The summed E-state index contributed by atoms with van der Waals surface area (Å²) >= 11 is 5.91. The first kappa shape index (κ1) is 15.1. The maximum absolute atomic E-state index is 5.97. The first-order valence-corrected chi connectivity index (χ1v) is 6.72. The van der Waals surface area contributed by atoms with Crippen molar-refractivity contribution in [3.8, 4) is 0 Å². The third-order valence-electron chi connectivity index (χ3n) is 2.71. The Morgan fingerprint density at radius 3 is 2.50 bits per heavy atom. The Balaban J connectivity index is 2.75. The van der Waals surface area contributed by atoms with Gasteiger partial charge in [-0.1, -0.05) is 25.4 Å². The van der Waals surface area contributed by atoms with Gasteiger partial charge in [-0.3, -0.25) is 0 Å². The summed E-state index contributed by atoms with van der Waals surface area (Å²) in [6.45, 7) is 5.45. The maximum atomic E-state index is 5.97. The predicted octanol–water partition coefficient (Wildman–Crippen LogP) is 3.31. The molecule has 1 atom stereocenters. The fourth-order valence-electron chi connectivity index (χ4n) is 2.07. The zero-order valence-corrected chi connectivity index (χ0v) is 12.5. The van der Waals surface area contributed by atoms with Gasteiger partial charge in [0.1, 0.15) is 0 Å². The zero-order valence-electron chi connectivity index (χ0n) is 11.7. The number of halogens is 1. The Hall–Kier alpha value is -0.930. The number of hydrogen-bond donors (Lipinski definition) is 2. The normalized spacial score (nSPS) is 13.1. The van der Waals surface area contributed by atoms with Gasteiger partial charge in [0.25, 0.3) is 0 Å². The number of hydrogen-bond acceptors (Lipinski definition) is 3. The van der Waals surface area contributed by atoms with E-state index in [1.807, 2.05) is 12.1 Å². The van der Waals surface area contributed by atoms with Crippen LogP contribution in [0.25, 0.3) is 0 Å². The van der Waals surface area contributed by atoms with Crippen LogP contribution < -0.4 is 11.1 Å². The SMILES string of the molecule is CC(C)CC(CN(C)C)Nc1ccc(Cl)cc1N. The van der Waals surface area contributed by atoms with Gasteiger partial charge in [0.2, 0.25) is 0 Å². The van der Waals surface area contributed by atoms with Crippen molar-refractivity contribution in [1.82, 2.24) is 4.90 Å². The summed E-state index contributed by atoms with van der Waals surface area (Å²) in [7, 11) is 4.17. The first-order chi connectivity index (χ1) is 8.38. The van der Waals surface area contributed by atoms with E-state index in [2.05, 4.69) is 38.2 Å². The molecule has 0 heterocycles. The van der Waals surface area contributed by atoms with E-state index >= 15 is 0 Å². The number of rotatable bonds is 6. The van der Waals surface area contributed by atoms with Crippen molar-refractivity contribution < 1.29 is 0 Å². The lowest BCUT2D eigenvalue weighted by Crippen LogP contribution is -2.33. The minimum Gasteiger partial charge on any atom is -0.397 e. The van der Waals surface area contributed by atoms with Gasteiger partial charge < -0.3 is 16.0 Å². The summed E-state index contributed by atoms with van der Waals surface area (Å²) in [6, 6.07) is 5.98. The van der Waals surface area contributed by atoms with Gasteiger partial charge in [-0.25, -0.2) is 0 Å². The highest BCUT2D eigenvalue weighted by Crippen LogP contribution is 2.24. The molecule has 18 heavy (non-hydrogen) atoms. The minimum atomic E-state index is 0.392. The molecule has 1 aromatic rings. The average molecular weight is 270 g/mol. The van der Waals surface area contributed by atoms with E-state index in [1.165, 1.54) is 0 Å². The van der Waals surface area contributed by atoms with Gasteiger partial charge in [0, 0.05) is 17.6 Å². The summed E-state index contributed by atoms with van der Waals surface area (Å²) in [6.07, 6.45) is 1.11. The number of anilines is 2. The molecule has 0 spiro atoms. The van der Waals surface area contributed by atoms with Crippen LogP contribution in [0.3, 0.4) is 0 Å². The van der Waals surface area contributed by atoms with Gasteiger partial charge in [0.05, 0.1) is 11.4 Å². The van der Waals surface area contributed by atoms with Crippen molar-refractivity contribution in [3.63, 3.8) is 0 Å². The second-order valence-electron chi connectivity index (χ2n) is 5.46. The molecule has 0 aliphatic carbocycles. The Morgan fingerprint density at radius 2 is 2.00 bits per heavy atom. The molecule has 1 rings (SSSR count). The van der Waals surface area contributed by atoms with Crippen molar-refractivity contribution in [1.29, 1.82) is 0 Å². The Bertz CT molecular complexity index is 367. The molecule has 0 bridgehead atoms. The number of benzene rings is 1. The molecule has 0 saturated heterocycles. The van der Waals surface area contributed by atoms with Gasteiger partial charge in [-0.15, -0.1) is 0 Å². The Morgan fingerprint density at radius 1 is 1.33 bits per heavy atom. The van der Waals surface area contributed by atoms with Crippen LogP contribution in [0.4, 0.5) is 11.4 Å². The van der Waals surface area contributed by atoms with E-state index in [9.17, 15) is 0 Å². The summed E-state index contributed by atoms with van der Waals surface area (Å²) < 4.78 is 0. The van der Waals surface area contributed by atoms with Crippen LogP contribution in [-0.2, 0) is 0 Å². The van der Waals surface area contributed by atoms with Crippen LogP contribution >= 0.6 is 11.6 Å². The lowest BCUT2D eigenvalue weighted by atomic mass is 10.0. The van der Waals surface area contributed by atoms with Crippen LogP contribution in [0.1, 0.15) is 20.3 Å².